The van der Waals surface area contributed by atoms with Gasteiger partial charge in [-0.25, -0.2) is 4.99 Å². The minimum Gasteiger partial charge on any atom is -0.352 e. The highest BCUT2D eigenvalue weighted by Gasteiger charge is 2.42. The summed E-state index contributed by atoms with van der Waals surface area (Å²) in [5, 5.41) is 1.43. The number of hydrogen-bond donors (Lipinski definition) is 0. The van der Waals surface area contributed by atoms with E-state index in [9.17, 15) is 0 Å². The molecule has 2 nitrogen and oxygen atoms in total. The number of nitrogens with zero attached hydrogens (tertiary/aromatic N) is 2. The summed E-state index contributed by atoms with van der Waals surface area (Å²) in [6.07, 6.45) is 5.19. The van der Waals surface area contributed by atoms with Crippen molar-refractivity contribution < 1.29 is 0 Å². The van der Waals surface area contributed by atoms with E-state index >= 15 is 0 Å². The Hall–Kier alpha value is -0.730. The van der Waals surface area contributed by atoms with Gasteiger partial charge in [-0.1, -0.05) is 29.6 Å². The first-order chi connectivity index (χ1) is 8.72. The first-order valence-electron chi connectivity index (χ1n) is 6.55. The second kappa shape index (κ2) is 3.88. The van der Waals surface area contributed by atoms with E-state index in [0.717, 1.165) is 22.8 Å². The zero-order valence-electron chi connectivity index (χ0n) is 10.00. The van der Waals surface area contributed by atoms with E-state index in [2.05, 4.69) is 4.90 Å². The second-order valence-corrected chi connectivity index (χ2v) is 6.34. The van der Waals surface area contributed by atoms with Crippen molar-refractivity contribution in [2.24, 2.45) is 10.9 Å². The second-order valence-electron chi connectivity index (χ2n) is 5.50. The average molecular weight is 281 g/mol. The fourth-order valence-electron chi connectivity index (χ4n) is 3.61. The molecular formula is C14H14Cl2N2. The van der Waals surface area contributed by atoms with Crippen molar-refractivity contribution in [2.45, 2.75) is 38.3 Å². The van der Waals surface area contributed by atoms with E-state index in [-0.39, 0.29) is 0 Å². The quantitative estimate of drug-likeness (QED) is 0.687. The molecule has 2 unspecified atom stereocenters. The Morgan fingerprint density at radius 1 is 1.22 bits per heavy atom. The third kappa shape index (κ3) is 1.52. The summed E-state index contributed by atoms with van der Waals surface area (Å²) in [5.41, 5.74) is 2.11. The predicted molar refractivity (Wildman–Crippen MR) is 74.8 cm³/mol. The number of rotatable bonds is 0. The molecule has 0 N–H and O–H groups in total. The molecule has 2 aliphatic heterocycles. The number of amidine groups is 1. The fourth-order valence-corrected chi connectivity index (χ4v) is 4.15. The largest absolute Gasteiger partial charge is 0.352 e. The molecule has 0 radical (unpaired) electrons. The Balaban J connectivity index is 1.85. The molecule has 2 fully saturated rings. The Morgan fingerprint density at radius 3 is 3.00 bits per heavy atom. The van der Waals surface area contributed by atoms with E-state index in [1.54, 1.807) is 0 Å². The van der Waals surface area contributed by atoms with Crippen LogP contribution in [0.15, 0.2) is 17.1 Å². The highest BCUT2D eigenvalue weighted by atomic mass is 35.5. The van der Waals surface area contributed by atoms with Crippen molar-refractivity contribution in [3.63, 3.8) is 0 Å². The van der Waals surface area contributed by atoms with Crippen LogP contribution in [0.2, 0.25) is 10.0 Å². The third-order valence-corrected chi connectivity index (χ3v) is 5.00. The smallest absolute Gasteiger partial charge is 0.109 e. The van der Waals surface area contributed by atoms with Gasteiger partial charge in [0.25, 0.3) is 0 Å². The van der Waals surface area contributed by atoms with Crippen LogP contribution in [0, 0.1) is 5.92 Å². The average Bonchev–Trinajstić information content (AvgIpc) is 2.59. The number of aliphatic imine (C=N–C) groups is 1. The number of halogens is 2. The van der Waals surface area contributed by atoms with E-state index in [1.807, 2.05) is 12.1 Å². The normalized spacial score (nSPS) is 28.8. The Kier molecular flexibility index (Phi) is 2.40. The zero-order chi connectivity index (χ0) is 12.3. The first-order valence-corrected chi connectivity index (χ1v) is 7.31. The van der Waals surface area contributed by atoms with Crippen LogP contribution >= 0.6 is 23.2 Å². The molecule has 1 aliphatic carbocycles. The summed E-state index contributed by atoms with van der Waals surface area (Å²) in [4.78, 5) is 7.32. The summed E-state index contributed by atoms with van der Waals surface area (Å²) in [7, 11) is 0. The first kappa shape index (κ1) is 11.1. The van der Waals surface area contributed by atoms with Crippen molar-refractivity contribution in [1.29, 1.82) is 0 Å². The molecule has 3 aliphatic rings. The molecule has 1 saturated heterocycles. The lowest BCUT2D eigenvalue weighted by Crippen LogP contribution is -2.34. The van der Waals surface area contributed by atoms with Gasteiger partial charge >= 0.3 is 0 Å². The van der Waals surface area contributed by atoms with Crippen LogP contribution in [-0.4, -0.2) is 16.8 Å². The molecule has 2 atom stereocenters. The molecule has 2 heterocycles. The van der Waals surface area contributed by atoms with Gasteiger partial charge in [0.2, 0.25) is 0 Å². The van der Waals surface area contributed by atoms with Crippen LogP contribution in [-0.2, 0) is 6.54 Å². The predicted octanol–water partition coefficient (Wildman–Crippen LogP) is 4.41. The van der Waals surface area contributed by atoms with Crippen molar-refractivity contribution >= 4 is 34.7 Å². The van der Waals surface area contributed by atoms with Crippen molar-refractivity contribution in [3.05, 3.63) is 27.7 Å². The molecule has 2 bridgehead atoms. The minimum absolute atomic E-state index is 0.662. The van der Waals surface area contributed by atoms with Crippen molar-refractivity contribution in [2.75, 3.05) is 0 Å². The Labute approximate surface area is 117 Å². The lowest BCUT2D eigenvalue weighted by molar-refractivity contribution is 0.282. The molecular weight excluding hydrogens is 267 g/mol. The molecule has 0 aromatic heterocycles. The van der Waals surface area contributed by atoms with Crippen molar-refractivity contribution in [3.8, 4) is 0 Å². The summed E-state index contributed by atoms with van der Waals surface area (Å²) in [5.74, 6) is 1.94. The highest BCUT2D eigenvalue weighted by molar-refractivity contribution is 6.35. The molecule has 1 aromatic carbocycles. The Bertz CT molecular complexity index is 553. The summed E-state index contributed by atoms with van der Waals surface area (Å²) < 4.78 is 0. The maximum absolute atomic E-state index is 6.30. The van der Waals surface area contributed by atoms with Gasteiger partial charge in [-0.2, -0.15) is 0 Å². The van der Waals surface area contributed by atoms with Crippen molar-refractivity contribution in [1.82, 2.24) is 4.90 Å². The van der Waals surface area contributed by atoms with Gasteiger partial charge in [-0.05, 0) is 31.4 Å². The molecule has 1 aromatic rings. The lowest BCUT2D eigenvalue weighted by atomic mass is 9.90. The van der Waals surface area contributed by atoms with Crippen LogP contribution in [0.1, 0.15) is 31.2 Å². The standard InChI is InChI=1S/C14H14Cl2N2/c15-9-5-12(16)11-7-18-10-3-1-2-8(4-10)14(18)17-13(11)6-9/h5-6,8,10H,1-4,7H2. The number of benzene rings is 1. The topological polar surface area (TPSA) is 15.6 Å². The van der Waals surface area contributed by atoms with E-state index in [0.29, 0.717) is 17.0 Å². The summed E-state index contributed by atoms with van der Waals surface area (Å²) >= 11 is 12.4. The number of hydrogen-bond acceptors (Lipinski definition) is 2. The molecule has 0 amide bonds. The molecule has 0 spiro atoms. The number of fused-ring (bicyclic) bond motifs is 6. The van der Waals surface area contributed by atoms with Gasteiger partial charge < -0.3 is 4.90 Å². The van der Waals surface area contributed by atoms with Crippen LogP contribution in [0.4, 0.5) is 5.69 Å². The molecule has 1 saturated carbocycles. The monoisotopic (exact) mass is 280 g/mol. The van der Waals surface area contributed by atoms with Crippen LogP contribution < -0.4 is 0 Å². The maximum atomic E-state index is 6.30. The lowest BCUT2D eigenvalue weighted by Gasteiger charge is -2.30. The van der Waals surface area contributed by atoms with E-state index < -0.39 is 0 Å². The van der Waals surface area contributed by atoms with Gasteiger partial charge in [-0.15, -0.1) is 0 Å². The fraction of sp³-hybridized carbons (Fsp3) is 0.500. The third-order valence-electron chi connectivity index (χ3n) is 4.45. The minimum atomic E-state index is 0.662. The van der Waals surface area contributed by atoms with Gasteiger partial charge in [0.1, 0.15) is 5.84 Å². The van der Waals surface area contributed by atoms with Gasteiger partial charge in [0.05, 0.1) is 5.69 Å². The van der Waals surface area contributed by atoms with E-state index in [1.165, 1.54) is 31.5 Å². The van der Waals surface area contributed by atoms with E-state index in [4.69, 9.17) is 28.2 Å². The van der Waals surface area contributed by atoms with Crippen LogP contribution in [0.25, 0.3) is 0 Å². The molecule has 4 rings (SSSR count). The molecule has 18 heavy (non-hydrogen) atoms. The molecule has 94 valence electrons. The SMILES string of the molecule is Clc1cc(Cl)c2c(c1)N=C1C3CCCC(C3)N1C2. The zero-order valence-corrected chi connectivity index (χ0v) is 11.5. The van der Waals surface area contributed by atoms with Gasteiger partial charge in [0, 0.05) is 34.1 Å². The van der Waals surface area contributed by atoms with Gasteiger partial charge in [-0.3, -0.25) is 0 Å². The van der Waals surface area contributed by atoms with Gasteiger partial charge in [0.15, 0.2) is 0 Å². The Morgan fingerprint density at radius 2 is 2.11 bits per heavy atom. The highest BCUT2D eigenvalue weighted by Crippen LogP contribution is 2.44. The van der Waals surface area contributed by atoms with Crippen LogP contribution in [0.3, 0.4) is 0 Å². The summed E-state index contributed by atoms with van der Waals surface area (Å²) in [6.45, 7) is 0.908. The molecule has 4 heteroatoms. The summed E-state index contributed by atoms with van der Waals surface area (Å²) in [6, 6.07) is 4.45. The van der Waals surface area contributed by atoms with Crippen LogP contribution in [0.5, 0.6) is 0 Å². The maximum Gasteiger partial charge on any atom is 0.109 e.